The molecule has 1 saturated heterocycles. The van der Waals surface area contributed by atoms with Gasteiger partial charge in [-0.15, -0.1) is 0 Å². The van der Waals surface area contributed by atoms with Gasteiger partial charge in [0.15, 0.2) is 0 Å². The molecule has 106 valence electrons. The molecule has 19 heavy (non-hydrogen) atoms. The molecule has 1 aliphatic heterocycles. The molecule has 0 atom stereocenters. The smallest absolute Gasteiger partial charge is 0.0370 e. The Kier molecular flexibility index (Phi) is 4.51. The predicted octanol–water partition coefficient (Wildman–Crippen LogP) is 3.52. The van der Waals surface area contributed by atoms with Gasteiger partial charge < -0.3 is 4.90 Å². The molecule has 1 fully saturated rings. The third-order valence-electron chi connectivity index (χ3n) is 3.99. The van der Waals surface area contributed by atoms with Gasteiger partial charge in [-0.1, -0.05) is 39.8 Å². The molecule has 0 radical (unpaired) electrons. The number of piperazine rings is 1. The topological polar surface area (TPSA) is 6.48 Å². The maximum atomic E-state index is 2.57. The van der Waals surface area contributed by atoms with Crippen molar-refractivity contribution in [3.63, 3.8) is 0 Å². The van der Waals surface area contributed by atoms with Gasteiger partial charge in [0.25, 0.3) is 0 Å². The van der Waals surface area contributed by atoms with Crippen molar-refractivity contribution >= 4 is 5.69 Å². The van der Waals surface area contributed by atoms with Crippen LogP contribution in [0, 0.1) is 0 Å². The third kappa shape index (κ3) is 3.73. The van der Waals surface area contributed by atoms with Crippen LogP contribution < -0.4 is 4.90 Å². The highest BCUT2D eigenvalue weighted by atomic mass is 15.3. The zero-order chi connectivity index (χ0) is 13.9. The molecular formula is C17H28N2. The third-order valence-corrected chi connectivity index (χ3v) is 3.99. The molecule has 1 aliphatic rings. The molecular weight excluding hydrogens is 232 g/mol. The first-order valence-electron chi connectivity index (χ1n) is 7.58. The van der Waals surface area contributed by atoms with E-state index in [-0.39, 0.29) is 5.41 Å². The van der Waals surface area contributed by atoms with E-state index in [1.165, 1.54) is 37.3 Å². The van der Waals surface area contributed by atoms with Crippen molar-refractivity contribution in [2.75, 3.05) is 37.6 Å². The van der Waals surface area contributed by atoms with Crippen LogP contribution in [0.1, 0.15) is 39.7 Å². The average molecular weight is 260 g/mol. The van der Waals surface area contributed by atoms with Crippen molar-refractivity contribution in [3.05, 3.63) is 29.8 Å². The molecule has 0 spiro atoms. The standard InChI is InChI=1S/C17H28N2/c1-5-9-18-10-12-19(13-11-18)16-8-6-7-15(14-16)17(2,3)4/h6-8,14H,5,9-13H2,1-4H3. The highest BCUT2D eigenvalue weighted by Crippen LogP contribution is 2.26. The monoisotopic (exact) mass is 260 g/mol. The van der Waals surface area contributed by atoms with Gasteiger partial charge in [0.1, 0.15) is 0 Å². The Morgan fingerprint density at radius 3 is 2.32 bits per heavy atom. The fourth-order valence-electron chi connectivity index (χ4n) is 2.72. The van der Waals surface area contributed by atoms with E-state index in [1.54, 1.807) is 0 Å². The van der Waals surface area contributed by atoms with Crippen LogP contribution in [0.5, 0.6) is 0 Å². The van der Waals surface area contributed by atoms with E-state index in [9.17, 15) is 0 Å². The molecule has 2 heteroatoms. The van der Waals surface area contributed by atoms with Crippen LogP contribution >= 0.6 is 0 Å². The second-order valence-electron chi connectivity index (χ2n) is 6.63. The van der Waals surface area contributed by atoms with Crippen LogP contribution in [-0.2, 0) is 5.41 Å². The van der Waals surface area contributed by atoms with Gasteiger partial charge in [-0.3, -0.25) is 4.90 Å². The molecule has 0 amide bonds. The Bertz CT molecular complexity index is 398. The van der Waals surface area contributed by atoms with Crippen molar-refractivity contribution < 1.29 is 0 Å². The summed E-state index contributed by atoms with van der Waals surface area (Å²) in [6, 6.07) is 9.07. The second-order valence-corrected chi connectivity index (χ2v) is 6.63. The Labute approximate surface area is 118 Å². The summed E-state index contributed by atoms with van der Waals surface area (Å²) in [5.74, 6) is 0. The first kappa shape index (κ1) is 14.4. The lowest BCUT2D eigenvalue weighted by atomic mass is 9.87. The van der Waals surface area contributed by atoms with Gasteiger partial charge in [0, 0.05) is 31.9 Å². The minimum absolute atomic E-state index is 0.236. The van der Waals surface area contributed by atoms with E-state index in [2.05, 4.69) is 61.8 Å². The molecule has 1 aromatic carbocycles. The summed E-state index contributed by atoms with van der Waals surface area (Å²) in [4.78, 5) is 5.10. The van der Waals surface area contributed by atoms with Crippen molar-refractivity contribution in [1.82, 2.24) is 4.90 Å². The van der Waals surface area contributed by atoms with Crippen LogP contribution in [0.4, 0.5) is 5.69 Å². The quantitative estimate of drug-likeness (QED) is 0.820. The minimum Gasteiger partial charge on any atom is -0.369 e. The number of hydrogen-bond acceptors (Lipinski definition) is 2. The summed E-state index contributed by atoms with van der Waals surface area (Å²) < 4.78 is 0. The SMILES string of the molecule is CCCN1CCN(c2cccc(C(C)(C)C)c2)CC1. The maximum Gasteiger partial charge on any atom is 0.0370 e. The molecule has 0 aromatic heterocycles. The first-order valence-corrected chi connectivity index (χ1v) is 7.58. The molecule has 0 saturated carbocycles. The molecule has 0 N–H and O–H groups in total. The fourth-order valence-corrected chi connectivity index (χ4v) is 2.72. The predicted molar refractivity (Wildman–Crippen MR) is 84.1 cm³/mol. The largest absolute Gasteiger partial charge is 0.369 e. The van der Waals surface area contributed by atoms with E-state index in [4.69, 9.17) is 0 Å². The van der Waals surface area contributed by atoms with Gasteiger partial charge in [-0.2, -0.15) is 0 Å². The zero-order valence-corrected chi connectivity index (χ0v) is 12.9. The van der Waals surface area contributed by atoms with Gasteiger partial charge in [-0.25, -0.2) is 0 Å². The summed E-state index contributed by atoms with van der Waals surface area (Å²) in [6.07, 6.45) is 1.26. The number of nitrogens with zero attached hydrogens (tertiary/aromatic N) is 2. The van der Waals surface area contributed by atoms with E-state index in [0.717, 1.165) is 13.1 Å². The Balaban J connectivity index is 2.03. The molecule has 0 aliphatic carbocycles. The van der Waals surface area contributed by atoms with E-state index in [1.807, 2.05) is 0 Å². The highest BCUT2D eigenvalue weighted by molar-refractivity contribution is 5.50. The van der Waals surface area contributed by atoms with E-state index >= 15 is 0 Å². The van der Waals surface area contributed by atoms with Crippen LogP contribution in [0.25, 0.3) is 0 Å². The van der Waals surface area contributed by atoms with Crippen molar-refractivity contribution in [2.24, 2.45) is 0 Å². The van der Waals surface area contributed by atoms with Crippen molar-refractivity contribution in [3.8, 4) is 0 Å². The number of hydrogen-bond donors (Lipinski definition) is 0. The molecule has 1 aromatic rings. The summed E-state index contributed by atoms with van der Waals surface area (Å²) in [6.45, 7) is 15.1. The van der Waals surface area contributed by atoms with Crippen LogP contribution in [0.15, 0.2) is 24.3 Å². The summed E-state index contributed by atoms with van der Waals surface area (Å²) in [5, 5.41) is 0. The van der Waals surface area contributed by atoms with E-state index in [0.29, 0.717) is 0 Å². The molecule has 1 heterocycles. The van der Waals surface area contributed by atoms with Gasteiger partial charge in [-0.05, 0) is 36.1 Å². The highest BCUT2D eigenvalue weighted by Gasteiger charge is 2.18. The first-order chi connectivity index (χ1) is 9.00. The Morgan fingerprint density at radius 1 is 1.05 bits per heavy atom. The average Bonchev–Trinajstić information content (AvgIpc) is 2.39. The molecule has 0 bridgehead atoms. The van der Waals surface area contributed by atoms with Crippen LogP contribution in [-0.4, -0.2) is 37.6 Å². The lowest BCUT2D eigenvalue weighted by Gasteiger charge is -2.36. The number of rotatable bonds is 3. The van der Waals surface area contributed by atoms with Crippen LogP contribution in [0.2, 0.25) is 0 Å². The fraction of sp³-hybridized carbons (Fsp3) is 0.647. The summed E-state index contributed by atoms with van der Waals surface area (Å²) in [7, 11) is 0. The summed E-state index contributed by atoms with van der Waals surface area (Å²) in [5.41, 5.74) is 3.06. The Hall–Kier alpha value is -1.02. The maximum absolute atomic E-state index is 2.57. The van der Waals surface area contributed by atoms with Crippen LogP contribution in [0.3, 0.4) is 0 Å². The van der Waals surface area contributed by atoms with Crippen molar-refractivity contribution in [1.29, 1.82) is 0 Å². The van der Waals surface area contributed by atoms with E-state index < -0.39 is 0 Å². The molecule has 2 nitrogen and oxygen atoms in total. The lowest BCUT2D eigenvalue weighted by Crippen LogP contribution is -2.46. The van der Waals surface area contributed by atoms with Gasteiger partial charge in [0.2, 0.25) is 0 Å². The molecule has 2 rings (SSSR count). The number of benzene rings is 1. The second kappa shape index (κ2) is 5.96. The number of anilines is 1. The normalized spacial score (nSPS) is 17.8. The van der Waals surface area contributed by atoms with Gasteiger partial charge in [0.05, 0.1) is 0 Å². The van der Waals surface area contributed by atoms with Gasteiger partial charge >= 0.3 is 0 Å². The Morgan fingerprint density at radius 2 is 1.74 bits per heavy atom. The zero-order valence-electron chi connectivity index (χ0n) is 12.9. The summed E-state index contributed by atoms with van der Waals surface area (Å²) >= 11 is 0. The molecule has 0 unspecified atom stereocenters. The lowest BCUT2D eigenvalue weighted by molar-refractivity contribution is 0.258. The van der Waals surface area contributed by atoms with Crippen molar-refractivity contribution in [2.45, 2.75) is 39.5 Å². The minimum atomic E-state index is 0.236.